The quantitative estimate of drug-likeness (QED) is 0.134. The van der Waals surface area contributed by atoms with Crippen LogP contribution >= 0.6 is 0 Å². The van der Waals surface area contributed by atoms with Crippen LogP contribution in [0.15, 0.2) is 115 Å². The van der Waals surface area contributed by atoms with Gasteiger partial charge in [0.1, 0.15) is 24.4 Å². The number of rotatable bonds is 16. The van der Waals surface area contributed by atoms with Crippen LogP contribution in [0.1, 0.15) is 66.8 Å². The molecule has 0 bridgehead atoms. The Morgan fingerprint density at radius 2 is 1.30 bits per heavy atom. The molecule has 0 aliphatic heterocycles. The smallest absolute Gasteiger partial charge is 0.323 e. The Kier molecular flexibility index (Phi) is 11.8. The molecule has 5 rings (SSSR count). The third-order valence-corrected chi connectivity index (χ3v) is 8.38. The normalized spacial score (nSPS) is 14.4. The highest BCUT2D eigenvalue weighted by molar-refractivity contribution is 5.92. The van der Waals surface area contributed by atoms with Crippen LogP contribution in [0.4, 0.5) is 0 Å². The Balaban J connectivity index is 1.28. The van der Waals surface area contributed by atoms with E-state index in [0.29, 0.717) is 5.92 Å². The zero-order valence-corrected chi connectivity index (χ0v) is 26.7. The van der Waals surface area contributed by atoms with E-state index in [1.165, 1.54) is 12.8 Å². The molecule has 0 spiro atoms. The predicted octanol–water partition coefficient (Wildman–Crippen LogP) is 5.82. The molecule has 8 heteroatoms. The van der Waals surface area contributed by atoms with Crippen molar-refractivity contribution in [2.24, 2.45) is 11.7 Å². The van der Waals surface area contributed by atoms with Crippen LogP contribution in [-0.4, -0.2) is 36.5 Å². The number of nitrogens with one attached hydrogen (secondary N) is 2. The monoisotopic (exact) mass is 633 g/mol. The number of carbonyl (C=O) groups excluding carboxylic acids is 3. The average Bonchev–Trinajstić information content (AvgIpc) is 3.94. The minimum absolute atomic E-state index is 0.103. The van der Waals surface area contributed by atoms with Gasteiger partial charge >= 0.3 is 5.97 Å². The van der Waals surface area contributed by atoms with Crippen LogP contribution in [0.5, 0.6) is 5.75 Å². The van der Waals surface area contributed by atoms with Gasteiger partial charge in [0.25, 0.3) is 0 Å². The average molecular weight is 634 g/mol. The summed E-state index contributed by atoms with van der Waals surface area (Å²) in [5.41, 5.74) is 9.57. The van der Waals surface area contributed by atoms with Gasteiger partial charge in [-0.2, -0.15) is 0 Å². The lowest BCUT2D eigenvalue weighted by atomic mass is 9.90. The molecule has 0 saturated heterocycles. The molecule has 4 N–H and O–H groups in total. The van der Waals surface area contributed by atoms with Gasteiger partial charge in [-0.3, -0.25) is 14.4 Å². The molecule has 0 heterocycles. The van der Waals surface area contributed by atoms with Gasteiger partial charge < -0.3 is 25.8 Å². The highest BCUT2D eigenvalue weighted by Crippen LogP contribution is 2.30. The number of amides is 2. The molecule has 1 saturated carbocycles. The first-order valence-corrected chi connectivity index (χ1v) is 16.3. The molecule has 0 aromatic heterocycles. The number of ether oxygens (including phenoxy) is 2. The van der Waals surface area contributed by atoms with Crippen molar-refractivity contribution in [3.8, 4) is 5.75 Å². The second kappa shape index (κ2) is 16.6. The molecule has 1 aliphatic carbocycles. The van der Waals surface area contributed by atoms with Crippen molar-refractivity contribution in [2.75, 3.05) is 6.61 Å². The number of esters is 1. The Morgan fingerprint density at radius 1 is 0.723 bits per heavy atom. The van der Waals surface area contributed by atoms with E-state index in [-0.39, 0.29) is 37.3 Å². The molecule has 1 aliphatic rings. The van der Waals surface area contributed by atoms with Crippen molar-refractivity contribution in [3.63, 3.8) is 0 Å². The highest BCUT2D eigenvalue weighted by Gasteiger charge is 2.30. The zero-order chi connectivity index (χ0) is 33.0. The molecule has 2 amide bonds. The van der Waals surface area contributed by atoms with E-state index < -0.39 is 24.0 Å². The fourth-order valence-electron chi connectivity index (χ4n) is 5.36. The lowest BCUT2D eigenvalue weighted by molar-refractivity contribution is -0.146. The molecule has 47 heavy (non-hydrogen) atoms. The zero-order valence-electron chi connectivity index (χ0n) is 26.7. The fourth-order valence-corrected chi connectivity index (χ4v) is 5.36. The summed E-state index contributed by atoms with van der Waals surface area (Å²) in [4.78, 5) is 40.5. The van der Waals surface area contributed by atoms with Crippen LogP contribution in [0.2, 0.25) is 0 Å². The lowest BCUT2D eigenvalue weighted by Gasteiger charge is -2.25. The van der Waals surface area contributed by atoms with Crippen LogP contribution < -0.4 is 21.1 Å². The maximum atomic E-state index is 14.0. The number of benzene rings is 4. The van der Waals surface area contributed by atoms with Crippen LogP contribution in [0.25, 0.3) is 0 Å². The molecular weight excluding hydrogens is 590 g/mol. The van der Waals surface area contributed by atoms with Gasteiger partial charge in [-0.05, 0) is 72.9 Å². The van der Waals surface area contributed by atoms with E-state index in [1.807, 2.05) is 122 Å². The van der Waals surface area contributed by atoms with E-state index in [0.717, 1.165) is 34.6 Å². The maximum Gasteiger partial charge on any atom is 0.323 e. The van der Waals surface area contributed by atoms with Gasteiger partial charge in [-0.25, -0.2) is 0 Å². The highest BCUT2D eigenvalue weighted by atomic mass is 16.5. The summed E-state index contributed by atoms with van der Waals surface area (Å²) < 4.78 is 11.3. The van der Waals surface area contributed by atoms with Gasteiger partial charge in [-0.15, -0.1) is 0 Å². The van der Waals surface area contributed by atoms with Crippen molar-refractivity contribution < 1.29 is 23.9 Å². The van der Waals surface area contributed by atoms with Crippen LogP contribution in [0, 0.1) is 5.92 Å². The predicted molar refractivity (Wildman–Crippen MR) is 181 cm³/mol. The second-order valence-electron chi connectivity index (χ2n) is 12.1. The van der Waals surface area contributed by atoms with E-state index in [1.54, 1.807) is 0 Å². The number of nitrogens with two attached hydrogens (primary N) is 1. The van der Waals surface area contributed by atoms with Crippen LogP contribution in [-0.2, 0) is 25.7 Å². The van der Waals surface area contributed by atoms with Crippen molar-refractivity contribution >= 4 is 17.8 Å². The third kappa shape index (κ3) is 10.0. The Morgan fingerprint density at radius 3 is 1.87 bits per heavy atom. The standard InChI is InChI=1S/C39H43N3O5/c1-27(30-19-21-33(22-20-30)46-25-29-17-18-29)41-37(43)35(24-23-34(40)39(45)47-26-28-11-5-2-6-12-28)42-38(44)36(31-13-7-3-8-14-31)32-15-9-4-10-16-32/h2-16,19-22,27,29,34-36H,17-18,23-26,40H2,1H3,(H,41,43)(H,42,44)/t27?,34-,35+/m0/s1. The molecule has 8 nitrogen and oxygen atoms in total. The molecule has 244 valence electrons. The van der Waals surface area contributed by atoms with Gasteiger partial charge in [0.2, 0.25) is 11.8 Å². The summed E-state index contributed by atoms with van der Waals surface area (Å²) in [5.74, 6) is -0.453. The van der Waals surface area contributed by atoms with E-state index in [2.05, 4.69) is 10.6 Å². The summed E-state index contributed by atoms with van der Waals surface area (Å²) in [6.45, 7) is 2.72. The first-order chi connectivity index (χ1) is 22.9. The topological polar surface area (TPSA) is 120 Å². The van der Waals surface area contributed by atoms with E-state index >= 15 is 0 Å². The molecule has 0 radical (unpaired) electrons. The molecular formula is C39H43N3O5. The molecule has 1 unspecified atom stereocenters. The van der Waals surface area contributed by atoms with E-state index in [9.17, 15) is 14.4 Å². The number of hydrogen-bond acceptors (Lipinski definition) is 6. The third-order valence-electron chi connectivity index (χ3n) is 8.38. The molecule has 4 aromatic rings. The molecule has 4 aromatic carbocycles. The first kappa shape index (κ1) is 33.4. The minimum atomic E-state index is -0.967. The van der Waals surface area contributed by atoms with Crippen LogP contribution in [0.3, 0.4) is 0 Å². The van der Waals surface area contributed by atoms with Crippen molar-refractivity contribution in [1.29, 1.82) is 0 Å². The van der Waals surface area contributed by atoms with Gasteiger partial charge in [-0.1, -0.05) is 103 Å². The Labute approximate surface area is 276 Å². The summed E-state index contributed by atoms with van der Waals surface area (Å²) >= 11 is 0. The summed E-state index contributed by atoms with van der Waals surface area (Å²) in [5, 5.41) is 6.03. The Bertz CT molecular complexity index is 1540. The number of carbonyl (C=O) groups is 3. The minimum Gasteiger partial charge on any atom is -0.493 e. The summed E-state index contributed by atoms with van der Waals surface area (Å²) in [6.07, 6.45) is 2.71. The fraction of sp³-hybridized carbons (Fsp3) is 0.308. The second-order valence-corrected chi connectivity index (χ2v) is 12.1. The van der Waals surface area contributed by atoms with Crippen molar-refractivity contribution in [2.45, 2.75) is 63.3 Å². The molecule has 3 atom stereocenters. The van der Waals surface area contributed by atoms with Gasteiger partial charge in [0.15, 0.2) is 0 Å². The van der Waals surface area contributed by atoms with Crippen molar-refractivity contribution in [3.05, 3.63) is 138 Å². The first-order valence-electron chi connectivity index (χ1n) is 16.3. The van der Waals surface area contributed by atoms with E-state index in [4.69, 9.17) is 15.2 Å². The maximum absolute atomic E-state index is 14.0. The lowest BCUT2D eigenvalue weighted by Crippen LogP contribution is -2.49. The number of hydrogen-bond donors (Lipinski definition) is 3. The Hall–Kier alpha value is -4.95. The largest absolute Gasteiger partial charge is 0.493 e. The van der Waals surface area contributed by atoms with Crippen molar-refractivity contribution in [1.82, 2.24) is 10.6 Å². The van der Waals surface area contributed by atoms with Gasteiger partial charge in [0, 0.05) is 0 Å². The summed E-state index contributed by atoms with van der Waals surface area (Å²) in [6, 6.07) is 33.6. The summed E-state index contributed by atoms with van der Waals surface area (Å²) in [7, 11) is 0. The van der Waals surface area contributed by atoms with Gasteiger partial charge in [0.05, 0.1) is 18.6 Å². The molecule has 1 fully saturated rings. The SMILES string of the molecule is CC(NC(=O)[C@@H](CC[C@H](N)C(=O)OCc1ccccc1)NC(=O)C(c1ccccc1)c1ccccc1)c1ccc(OCC2CC2)cc1.